The molecule has 1 amide bonds. The van der Waals surface area contributed by atoms with Crippen LogP contribution in [0, 0.1) is 0 Å². The predicted octanol–water partition coefficient (Wildman–Crippen LogP) is 4.59. The molecule has 2 aliphatic rings. The quantitative estimate of drug-likeness (QED) is 0.385. The Morgan fingerprint density at radius 3 is 2.69 bits per heavy atom. The Labute approximate surface area is 212 Å². The number of halogens is 1. The molecule has 10 heteroatoms. The molecule has 0 saturated carbocycles. The molecule has 36 heavy (non-hydrogen) atoms. The van der Waals surface area contributed by atoms with E-state index >= 15 is 0 Å². The standard InChI is InChI=1S/C26H22ClN7O2/c1-2-22(35)34-11-10-26(34)14-33(15-26)21-9-8-20-23(32-21)24(30-16-29-20)31-17-12-19(27)25(28-13-17)36-18-6-4-3-5-7-18/h2-9,12-13,16H,1,10-11,14-15H2,(H,29,30,31). The second kappa shape index (κ2) is 8.76. The van der Waals surface area contributed by atoms with E-state index in [0.29, 0.717) is 39.2 Å². The van der Waals surface area contributed by atoms with E-state index in [0.717, 1.165) is 31.9 Å². The van der Waals surface area contributed by atoms with Crippen LogP contribution in [0.5, 0.6) is 11.6 Å². The Morgan fingerprint density at radius 1 is 1.14 bits per heavy atom. The van der Waals surface area contributed by atoms with Crippen molar-refractivity contribution in [1.82, 2.24) is 24.8 Å². The van der Waals surface area contributed by atoms with Crippen molar-refractivity contribution in [3.8, 4) is 11.6 Å². The summed E-state index contributed by atoms with van der Waals surface area (Å²) in [4.78, 5) is 34.1. The highest BCUT2D eigenvalue weighted by atomic mass is 35.5. The number of likely N-dealkylation sites (tertiary alicyclic amines) is 1. The summed E-state index contributed by atoms with van der Waals surface area (Å²) in [6.07, 6.45) is 5.49. The highest BCUT2D eigenvalue weighted by Gasteiger charge is 2.55. The molecule has 1 spiro atoms. The second-order valence-corrected chi connectivity index (χ2v) is 9.24. The lowest BCUT2D eigenvalue weighted by Crippen LogP contribution is -2.78. The molecule has 5 heterocycles. The molecule has 1 aromatic carbocycles. The van der Waals surface area contributed by atoms with Crippen LogP contribution in [0.1, 0.15) is 6.42 Å². The molecule has 0 atom stereocenters. The van der Waals surface area contributed by atoms with Gasteiger partial charge in [0.25, 0.3) is 0 Å². The summed E-state index contributed by atoms with van der Waals surface area (Å²) in [5, 5.41) is 3.61. The maximum atomic E-state index is 12.1. The Kier molecular flexibility index (Phi) is 5.41. The Balaban J connectivity index is 1.21. The number of amides is 1. The molecule has 3 aromatic heterocycles. The average molecular weight is 500 g/mol. The summed E-state index contributed by atoms with van der Waals surface area (Å²) in [6.45, 7) is 5.87. The lowest BCUT2D eigenvalue weighted by Gasteiger charge is -2.62. The molecule has 9 nitrogen and oxygen atoms in total. The molecular formula is C26H22ClN7O2. The molecular weight excluding hydrogens is 478 g/mol. The van der Waals surface area contributed by atoms with Gasteiger partial charge in [0.15, 0.2) is 5.82 Å². The maximum Gasteiger partial charge on any atom is 0.246 e. The zero-order chi connectivity index (χ0) is 24.7. The third-order valence-corrected chi connectivity index (χ3v) is 6.87. The topological polar surface area (TPSA) is 96.4 Å². The molecule has 0 aliphatic carbocycles. The number of pyridine rings is 2. The van der Waals surface area contributed by atoms with E-state index in [-0.39, 0.29) is 11.4 Å². The van der Waals surface area contributed by atoms with Gasteiger partial charge in [-0.15, -0.1) is 0 Å². The van der Waals surface area contributed by atoms with Gasteiger partial charge in [0.05, 0.1) is 22.9 Å². The largest absolute Gasteiger partial charge is 0.438 e. The summed E-state index contributed by atoms with van der Waals surface area (Å²) >= 11 is 6.43. The van der Waals surface area contributed by atoms with E-state index in [2.05, 4.69) is 31.7 Å². The summed E-state index contributed by atoms with van der Waals surface area (Å²) in [5.74, 6) is 2.30. The van der Waals surface area contributed by atoms with Gasteiger partial charge in [-0.05, 0) is 42.8 Å². The van der Waals surface area contributed by atoms with Crippen molar-refractivity contribution >= 4 is 45.9 Å². The number of aromatic nitrogens is 4. The van der Waals surface area contributed by atoms with Crippen molar-refractivity contribution in [2.45, 2.75) is 12.0 Å². The fraction of sp³-hybridized carbons (Fsp3) is 0.192. The van der Waals surface area contributed by atoms with Crippen LogP contribution in [0.25, 0.3) is 11.0 Å². The minimum absolute atomic E-state index is 0.0142. The minimum atomic E-state index is -0.109. The van der Waals surface area contributed by atoms with Crippen LogP contribution in [0.4, 0.5) is 17.3 Å². The van der Waals surface area contributed by atoms with E-state index in [9.17, 15) is 4.79 Å². The summed E-state index contributed by atoms with van der Waals surface area (Å²) in [5.41, 5.74) is 1.87. The van der Waals surface area contributed by atoms with Crippen molar-refractivity contribution in [3.63, 3.8) is 0 Å². The number of hydrogen-bond acceptors (Lipinski definition) is 8. The van der Waals surface area contributed by atoms with Crippen LogP contribution >= 0.6 is 11.6 Å². The number of nitrogens with one attached hydrogen (secondary N) is 1. The first-order chi connectivity index (χ1) is 17.5. The van der Waals surface area contributed by atoms with Crippen LogP contribution in [0.15, 0.2) is 73.7 Å². The fourth-order valence-electron chi connectivity index (χ4n) is 4.65. The van der Waals surface area contributed by atoms with Crippen molar-refractivity contribution in [2.75, 3.05) is 29.9 Å². The van der Waals surface area contributed by atoms with Crippen LogP contribution in [0.2, 0.25) is 5.02 Å². The van der Waals surface area contributed by atoms with Gasteiger partial charge in [-0.25, -0.2) is 19.9 Å². The van der Waals surface area contributed by atoms with Gasteiger partial charge in [0.2, 0.25) is 11.8 Å². The SMILES string of the molecule is C=CC(=O)N1CCC12CN(c1ccc3ncnc(Nc4cnc(Oc5ccccc5)c(Cl)c4)c3n1)C2. The first kappa shape index (κ1) is 22.2. The molecule has 0 bridgehead atoms. The number of hydrogen-bond donors (Lipinski definition) is 1. The van der Waals surface area contributed by atoms with Crippen molar-refractivity contribution in [1.29, 1.82) is 0 Å². The monoisotopic (exact) mass is 499 g/mol. The van der Waals surface area contributed by atoms with Gasteiger partial charge >= 0.3 is 0 Å². The number of benzene rings is 1. The number of ether oxygens (including phenoxy) is 1. The van der Waals surface area contributed by atoms with Gasteiger partial charge in [0.1, 0.15) is 28.4 Å². The second-order valence-electron chi connectivity index (χ2n) is 8.83. The zero-order valence-electron chi connectivity index (χ0n) is 19.3. The highest BCUT2D eigenvalue weighted by molar-refractivity contribution is 6.32. The van der Waals surface area contributed by atoms with E-state index in [4.69, 9.17) is 21.3 Å². The van der Waals surface area contributed by atoms with Gasteiger partial charge < -0.3 is 19.9 Å². The summed E-state index contributed by atoms with van der Waals surface area (Å²) in [6, 6.07) is 14.9. The summed E-state index contributed by atoms with van der Waals surface area (Å²) < 4.78 is 5.76. The van der Waals surface area contributed by atoms with Gasteiger partial charge in [-0.2, -0.15) is 0 Å². The Hall–Kier alpha value is -4.24. The molecule has 180 valence electrons. The maximum absolute atomic E-state index is 12.1. The normalized spacial score (nSPS) is 15.8. The lowest BCUT2D eigenvalue weighted by atomic mass is 9.77. The molecule has 1 N–H and O–H groups in total. The van der Waals surface area contributed by atoms with Crippen LogP contribution in [0.3, 0.4) is 0 Å². The first-order valence-electron chi connectivity index (χ1n) is 11.5. The van der Waals surface area contributed by atoms with Crippen molar-refractivity contribution in [3.05, 3.63) is 78.7 Å². The number of anilines is 3. The first-order valence-corrected chi connectivity index (χ1v) is 11.9. The Morgan fingerprint density at radius 2 is 1.97 bits per heavy atom. The van der Waals surface area contributed by atoms with E-state index in [1.165, 1.54) is 12.4 Å². The van der Waals surface area contributed by atoms with Gasteiger partial charge in [0, 0.05) is 19.6 Å². The van der Waals surface area contributed by atoms with E-state index in [1.807, 2.05) is 47.4 Å². The molecule has 0 radical (unpaired) electrons. The molecule has 2 aliphatic heterocycles. The number of para-hydroxylation sites is 1. The number of carbonyl (C=O) groups is 1. The van der Waals surface area contributed by atoms with Crippen LogP contribution in [-0.2, 0) is 4.79 Å². The number of rotatable bonds is 6. The third-order valence-electron chi connectivity index (χ3n) is 6.60. The van der Waals surface area contributed by atoms with Gasteiger partial charge in [-0.1, -0.05) is 36.4 Å². The predicted molar refractivity (Wildman–Crippen MR) is 138 cm³/mol. The molecule has 0 unspecified atom stereocenters. The molecule has 6 rings (SSSR count). The fourth-order valence-corrected chi connectivity index (χ4v) is 4.86. The number of carbonyl (C=O) groups excluding carboxylic acids is 1. The van der Waals surface area contributed by atoms with E-state index < -0.39 is 0 Å². The van der Waals surface area contributed by atoms with Gasteiger partial charge in [-0.3, -0.25) is 4.79 Å². The van der Waals surface area contributed by atoms with Crippen LogP contribution < -0.4 is 15.0 Å². The van der Waals surface area contributed by atoms with Crippen LogP contribution in [-0.4, -0.2) is 55.9 Å². The minimum Gasteiger partial charge on any atom is -0.438 e. The summed E-state index contributed by atoms with van der Waals surface area (Å²) in [7, 11) is 0. The third kappa shape index (κ3) is 3.87. The highest BCUT2D eigenvalue weighted by Crippen LogP contribution is 2.41. The molecule has 2 saturated heterocycles. The molecule has 4 aromatic rings. The number of nitrogens with zero attached hydrogens (tertiary/aromatic N) is 6. The van der Waals surface area contributed by atoms with Crippen molar-refractivity contribution in [2.24, 2.45) is 0 Å². The van der Waals surface area contributed by atoms with E-state index in [1.54, 1.807) is 12.3 Å². The lowest BCUT2D eigenvalue weighted by molar-refractivity contribution is -0.144. The number of fused-ring (bicyclic) bond motifs is 1. The Bertz CT molecular complexity index is 1470. The molecule has 2 fully saturated rings. The average Bonchev–Trinajstić information content (AvgIpc) is 2.85. The van der Waals surface area contributed by atoms with Crippen molar-refractivity contribution < 1.29 is 9.53 Å². The smallest absolute Gasteiger partial charge is 0.246 e. The zero-order valence-corrected chi connectivity index (χ0v) is 20.0.